The van der Waals surface area contributed by atoms with Crippen molar-refractivity contribution in [2.45, 2.75) is 19.4 Å². The second kappa shape index (κ2) is 7.43. The Bertz CT molecular complexity index is 437. The molecule has 0 bridgehead atoms. The summed E-state index contributed by atoms with van der Waals surface area (Å²) in [7, 11) is 0. The van der Waals surface area contributed by atoms with Crippen molar-refractivity contribution in [3.8, 4) is 0 Å². The zero-order valence-electron chi connectivity index (χ0n) is 10.7. The lowest BCUT2D eigenvalue weighted by atomic mass is 10.1. The van der Waals surface area contributed by atoms with E-state index in [-0.39, 0.29) is 36.7 Å². The van der Waals surface area contributed by atoms with Crippen LogP contribution in [0.15, 0.2) is 18.2 Å². The monoisotopic (exact) mass is 288 g/mol. The minimum atomic E-state index is -0.316. The number of carbonyl (C=O) groups excluding carboxylic acids is 1. The standard InChI is InChI=1S/C13H17FN2O2.ClH/c1-9-11(14)3-2-4-12(9)16-13(17)7-10-8-15-5-6-18-10;/h2-4,10,15H,5-8H2,1H3,(H,16,17);1H. The molecule has 4 nitrogen and oxygen atoms in total. The van der Waals surface area contributed by atoms with E-state index in [0.717, 1.165) is 6.54 Å². The highest BCUT2D eigenvalue weighted by Gasteiger charge is 2.17. The highest BCUT2D eigenvalue weighted by molar-refractivity contribution is 5.91. The van der Waals surface area contributed by atoms with Crippen LogP contribution in [0.2, 0.25) is 0 Å². The first-order valence-corrected chi connectivity index (χ1v) is 6.04. The van der Waals surface area contributed by atoms with Crippen molar-refractivity contribution in [2.75, 3.05) is 25.0 Å². The van der Waals surface area contributed by atoms with Crippen LogP contribution in [0.5, 0.6) is 0 Å². The molecule has 106 valence electrons. The number of benzene rings is 1. The number of rotatable bonds is 3. The molecule has 0 saturated carbocycles. The lowest BCUT2D eigenvalue weighted by Gasteiger charge is -2.23. The maximum absolute atomic E-state index is 13.3. The Kier molecular flexibility index (Phi) is 6.21. The van der Waals surface area contributed by atoms with E-state index in [1.165, 1.54) is 6.07 Å². The minimum Gasteiger partial charge on any atom is -0.375 e. The fraction of sp³-hybridized carbons (Fsp3) is 0.462. The van der Waals surface area contributed by atoms with E-state index < -0.39 is 0 Å². The topological polar surface area (TPSA) is 50.4 Å². The average molecular weight is 289 g/mol. The van der Waals surface area contributed by atoms with Gasteiger partial charge in [0, 0.05) is 24.3 Å². The second-order valence-electron chi connectivity index (χ2n) is 4.36. The Morgan fingerprint density at radius 2 is 2.37 bits per heavy atom. The van der Waals surface area contributed by atoms with E-state index in [2.05, 4.69) is 10.6 Å². The van der Waals surface area contributed by atoms with Crippen LogP contribution in [-0.4, -0.2) is 31.7 Å². The third kappa shape index (κ3) is 4.45. The normalized spacial score (nSPS) is 18.5. The molecule has 1 aromatic rings. The van der Waals surface area contributed by atoms with Crippen LogP contribution in [0.25, 0.3) is 0 Å². The van der Waals surface area contributed by atoms with E-state index in [0.29, 0.717) is 24.4 Å². The molecule has 0 aromatic heterocycles. The minimum absolute atomic E-state index is 0. The summed E-state index contributed by atoms with van der Waals surface area (Å²) in [4.78, 5) is 11.8. The maximum atomic E-state index is 13.3. The highest BCUT2D eigenvalue weighted by Crippen LogP contribution is 2.17. The molecule has 2 rings (SSSR count). The van der Waals surface area contributed by atoms with Gasteiger partial charge in [0.25, 0.3) is 0 Å². The van der Waals surface area contributed by atoms with Crippen molar-refractivity contribution in [3.05, 3.63) is 29.6 Å². The Morgan fingerprint density at radius 3 is 3.05 bits per heavy atom. The van der Waals surface area contributed by atoms with Gasteiger partial charge in [0.15, 0.2) is 0 Å². The largest absolute Gasteiger partial charge is 0.375 e. The van der Waals surface area contributed by atoms with E-state index >= 15 is 0 Å². The van der Waals surface area contributed by atoms with Gasteiger partial charge in [-0.1, -0.05) is 6.07 Å². The third-order valence-electron chi connectivity index (χ3n) is 2.96. The van der Waals surface area contributed by atoms with Crippen LogP contribution in [0.1, 0.15) is 12.0 Å². The number of hydrogen-bond donors (Lipinski definition) is 2. The zero-order valence-corrected chi connectivity index (χ0v) is 11.6. The quantitative estimate of drug-likeness (QED) is 0.893. The van der Waals surface area contributed by atoms with Crippen molar-refractivity contribution in [1.82, 2.24) is 5.32 Å². The van der Waals surface area contributed by atoms with Gasteiger partial charge in [-0.05, 0) is 19.1 Å². The van der Waals surface area contributed by atoms with E-state index in [1.807, 2.05) is 0 Å². The van der Waals surface area contributed by atoms with Crippen molar-refractivity contribution in [3.63, 3.8) is 0 Å². The van der Waals surface area contributed by atoms with Crippen LogP contribution in [0, 0.1) is 12.7 Å². The van der Waals surface area contributed by atoms with E-state index in [4.69, 9.17) is 4.74 Å². The molecule has 1 amide bonds. The first-order chi connectivity index (χ1) is 8.66. The number of nitrogens with one attached hydrogen (secondary N) is 2. The molecule has 1 aromatic carbocycles. The lowest BCUT2D eigenvalue weighted by Crippen LogP contribution is -2.40. The summed E-state index contributed by atoms with van der Waals surface area (Å²) >= 11 is 0. The van der Waals surface area contributed by atoms with Gasteiger partial charge in [0.05, 0.1) is 19.1 Å². The summed E-state index contributed by atoms with van der Waals surface area (Å²) in [6.07, 6.45) is 0.177. The number of amides is 1. The van der Waals surface area contributed by atoms with Crippen molar-refractivity contribution in [1.29, 1.82) is 0 Å². The van der Waals surface area contributed by atoms with Crippen LogP contribution < -0.4 is 10.6 Å². The average Bonchev–Trinajstić information content (AvgIpc) is 2.36. The van der Waals surface area contributed by atoms with Gasteiger partial charge in [-0.2, -0.15) is 0 Å². The predicted molar refractivity (Wildman–Crippen MR) is 74.2 cm³/mol. The van der Waals surface area contributed by atoms with Gasteiger partial charge >= 0.3 is 0 Å². The molecule has 6 heteroatoms. The summed E-state index contributed by atoms with van der Waals surface area (Å²) in [6.45, 7) is 3.76. The molecule has 1 unspecified atom stereocenters. The fourth-order valence-electron chi connectivity index (χ4n) is 1.90. The number of halogens is 2. The molecule has 0 spiro atoms. The molecule has 2 N–H and O–H groups in total. The second-order valence-corrected chi connectivity index (χ2v) is 4.36. The van der Waals surface area contributed by atoms with Crippen molar-refractivity contribution < 1.29 is 13.9 Å². The number of morpholine rings is 1. The lowest BCUT2D eigenvalue weighted by molar-refractivity contribution is -0.119. The SMILES string of the molecule is Cc1c(F)cccc1NC(=O)CC1CNCCO1.Cl. The molecule has 1 aliphatic heterocycles. The summed E-state index contributed by atoms with van der Waals surface area (Å²) in [5.41, 5.74) is 0.970. The molecule has 0 aliphatic carbocycles. The van der Waals surface area contributed by atoms with Gasteiger partial charge in [-0.3, -0.25) is 4.79 Å². The Hall–Kier alpha value is -1.17. The predicted octanol–water partition coefficient (Wildman–Crippen LogP) is 1.87. The number of ether oxygens (including phenoxy) is 1. The van der Waals surface area contributed by atoms with Crippen molar-refractivity contribution >= 4 is 24.0 Å². The van der Waals surface area contributed by atoms with Crippen LogP contribution >= 0.6 is 12.4 Å². The Morgan fingerprint density at radius 1 is 1.58 bits per heavy atom. The first kappa shape index (κ1) is 15.9. The smallest absolute Gasteiger partial charge is 0.227 e. The van der Waals surface area contributed by atoms with Gasteiger partial charge in [0.2, 0.25) is 5.91 Å². The molecule has 1 saturated heterocycles. The van der Waals surface area contributed by atoms with Gasteiger partial charge in [-0.25, -0.2) is 4.39 Å². The van der Waals surface area contributed by atoms with Crippen LogP contribution in [-0.2, 0) is 9.53 Å². The molecular weight excluding hydrogens is 271 g/mol. The van der Waals surface area contributed by atoms with Crippen LogP contribution in [0.3, 0.4) is 0 Å². The molecule has 0 radical (unpaired) electrons. The maximum Gasteiger partial charge on any atom is 0.227 e. The number of anilines is 1. The molecule has 1 aliphatic rings. The Labute approximate surface area is 118 Å². The molecule has 1 atom stereocenters. The number of carbonyl (C=O) groups is 1. The van der Waals surface area contributed by atoms with Gasteiger partial charge in [0.1, 0.15) is 5.82 Å². The van der Waals surface area contributed by atoms with Gasteiger partial charge < -0.3 is 15.4 Å². The third-order valence-corrected chi connectivity index (χ3v) is 2.96. The highest BCUT2D eigenvalue weighted by atomic mass is 35.5. The summed E-state index contributed by atoms with van der Waals surface area (Å²) in [5.74, 6) is -0.471. The molecule has 1 heterocycles. The summed E-state index contributed by atoms with van der Waals surface area (Å²) < 4.78 is 18.7. The first-order valence-electron chi connectivity index (χ1n) is 6.04. The van der Waals surface area contributed by atoms with Crippen molar-refractivity contribution in [2.24, 2.45) is 0 Å². The summed E-state index contributed by atoms with van der Waals surface area (Å²) in [5, 5.41) is 5.87. The summed E-state index contributed by atoms with van der Waals surface area (Å²) in [6, 6.07) is 4.64. The molecule has 1 fully saturated rings. The molecular formula is C13H18ClFN2O2. The van der Waals surface area contributed by atoms with E-state index in [9.17, 15) is 9.18 Å². The number of hydrogen-bond acceptors (Lipinski definition) is 3. The Balaban J connectivity index is 0.00000180. The van der Waals surface area contributed by atoms with Gasteiger partial charge in [-0.15, -0.1) is 12.4 Å². The van der Waals surface area contributed by atoms with E-state index in [1.54, 1.807) is 19.1 Å². The fourth-order valence-corrected chi connectivity index (χ4v) is 1.90. The zero-order chi connectivity index (χ0) is 13.0. The molecule has 19 heavy (non-hydrogen) atoms. The van der Waals surface area contributed by atoms with Crippen LogP contribution in [0.4, 0.5) is 10.1 Å².